The number of aromatic nitrogens is 1. The molecule has 2 heterocycles. The summed E-state index contributed by atoms with van der Waals surface area (Å²) in [6.45, 7) is 1.11. The number of rotatable bonds is 1. The van der Waals surface area contributed by atoms with Crippen molar-refractivity contribution < 1.29 is 0 Å². The molecule has 2 aromatic rings. The Balaban J connectivity index is 2.07. The van der Waals surface area contributed by atoms with Gasteiger partial charge >= 0.3 is 0 Å². The smallest absolute Gasteiger partial charge is 0.0409 e. The van der Waals surface area contributed by atoms with Crippen LogP contribution in [-0.4, -0.2) is 4.57 Å². The number of nitrogens with zero attached hydrogens (tertiary/aromatic N) is 1. The lowest BCUT2D eigenvalue weighted by Gasteiger charge is -2.07. The van der Waals surface area contributed by atoms with Gasteiger partial charge in [0.2, 0.25) is 0 Å². The van der Waals surface area contributed by atoms with Gasteiger partial charge in [-0.15, -0.1) is 0 Å². The van der Waals surface area contributed by atoms with Crippen LogP contribution in [0.3, 0.4) is 0 Å². The van der Waals surface area contributed by atoms with Crippen LogP contribution in [0, 0.1) is 0 Å². The predicted octanol–water partition coefficient (Wildman–Crippen LogP) is 3.57. The molecule has 3 rings (SSSR count). The third kappa shape index (κ3) is 1.50. The summed E-state index contributed by atoms with van der Waals surface area (Å²) in [5, 5.41) is 0. The minimum Gasteiger partial charge on any atom is -0.347 e. The molecule has 0 bridgehead atoms. The van der Waals surface area contributed by atoms with Crippen LogP contribution < -0.4 is 0 Å². The Hall–Kier alpha value is -1.76. The molecule has 0 radical (unpaired) electrons. The molecule has 0 saturated carbocycles. The number of aryl methyl sites for hydroxylation is 1. The molecule has 1 nitrogen and oxygen atoms in total. The Morgan fingerprint density at radius 1 is 1.00 bits per heavy atom. The van der Waals surface area contributed by atoms with Gasteiger partial charge in [0.25, 0.3) is 0 Å². The van der Waals surface area contributed by atoms with Crippen LogP contribution in [0.5, 0.6) is 0 Å². The van der Waals surface area contributed by atoms with E-state index in [2.05, 4.69) is 59.3 Å². The van der Waals surface area contributed by atoms with E-state index in [9.17, 15) is 0 Å². The third-order valence-electron chi connectivity index (χ3n) is 2.86. The van der Waals surface area contributed by atoms with Gasteiger partial charge in [0.15, 0.2) is 0 Å². The lowest BCUT2D eigenvalue weighted by Crippen LogP contribution is -2.00. The summed E-state index contributed by atoms with van der Waals surface area (Å²) < 4.78 is 2.32. The summed E-state index contributed by atoms with van der Waals surface area (Å²) >= 11 is 0. The van der Waals surface area contributed by atoms with E-state index in [4.69, 9.17) is 0 Å². The van der Waals surface area contributed by atoms with Crippen molar-refractivity contribution in [2.75, 3.05) is 0 Å². The molecule has 0 amide bonds. The van der Waals surface area contributed by atoms with Crippen LogP contribution >= 0.6 is 0 Å². The van der Waals surface area contributed by atoms with Crippen LogP contribution in [0.25, 0.3) is 17.2 Å². The Morgan fingerprint density at radius 3 is 2.67 bits per heavy atom. The lowest BCUT2D eigenvalue weighted by molar-refractivity contribution is 0.698. The number of fused-ring (bicyclic) bond motifs is 1. The summed E-state index contributed by atoms with van der Waals surface area (Å²) in [4.78, 5) is 0. The van der Waals surface area contributed by atoms with E-state index in [0.29, 0.717) is 0 Å². The first kappa shape index (κ1) is 8.54. The lowest BCUT2D eigenvalue weighted by atomic mass is 10.1. The maximum Gasteiger partial charge on any atom is 0.0409 e. The highest BCUT2D eigenvalue weighted by Gasteiger charge is 2.06. The molecule has 0 unspecified atom stereocenters. The van der Waals surface area contributed by atoms with E-state index in [1.807, 2.05) is 0 Å². The molecule has 1 aliphatic heterocycles. The van der Waals surface area contributed by atoms with E-state index in [1.54, 1.807) is 0 Å². The summed E-state index contributed by atoms with van der Waals surface area (Å²) in [6, 6.07) is 12.8. The fourth-order valence-electron chi connectivity index (χ4n) is 2.07. The molecule has 0 atom stereocenters. The zero-order chi connectivity index (χ0) is 10.1. The fourth-order valence-corrected chi connectivity index (χ4v) is 2.07. The summed E-state index contributed by atoms with van der Waals surface area (Å²) in [5.74, 6) is 0. The van der Waals surface area contributed by atoms with Crippen LogP contribution in [0.4, 0.5) is 0 Å². The highest BCUT2D eigenvalue weighted by atomic mass is 15.0. The van der Waals surface area contributed by atoms with Crippen molar-refractivity contribution in [3.8, 4) is 11.1 Å². The third-order valence-corrected chi connectivity index (χ3v) is 2.86. The Kier molecular flexibility index (Phi) is 1.95. The highest BCUT2D eigenvalue weighted by Crippen LogP contribution is 2.24. The Morgan fingerprint density at radius 2 is 1.87 bits per heavy atom. The van der Waals surface area contributed by atoms with Gasteiger partial charge in [-0.1, -0.05) is 36.4 Å². The molecular formula is C14H13N. The maximum atomic E-state index is 2.32. The van der Waals surface area contributed by atoms with Crippen molar-refractivity contribution in [2.45, 2.75) is 13.0 Å². The van der Waals surface area contributed by atoms with Crippen molar-refractivity contribution in [1.29, 1.82) is 0 Å². The van der Waals surface area contributed by atoms with Crippen molar-refractivity contribution in [3.05, 3.63) is 54.4 Å². The number of allylic oxidation sites excluding steroid dienone is 1. The number of hydrogen-bond donors (Lipinski definition) is 0. The standard InChI is InChI=1S/C14H13N/c1-2-6-12(7-3-1)13-10-14-8-4-5-9-15(14)11-13/h1-4,6-8,10-11H,5,9H2. The summed E-state index contributed by atoms with van der Waals surface area (Å²) in [5.41, 5.74) is 3.94. The quantitative estimate of drug-likeness (QED) is 0.655. The average Bonchev–Trinajstić information content (AvgIpc) is 2.74. The van der Waals surface area contributed by atoms with Gasteiger partial charge in [0, 0.05) is 18.4 Å². The molecule has 0 spiro atoms. The largest absolute Gasteiger partial charge is 0.347 e. The first-order valence-corrected chi connectivity index (χ1v) is 5.35. The van der Waals surface area contributed by atoms with Gasteiger partial charge < -0.3 is 4.57 Å². The molecule has 1 heteroatoms. The van der Waals surface area contributed by atoms with Crippen LogP contribution in [0.15, 0.2) is 48.7 Å². The Bertz CT molecular complexity index is 491. The van der Waals surface area contributed by atoms with Gasteiger partial charge in [-0.2, -0.15) is 0 Å². The minimum absolute atomic E-state index is 1.11. The van der Waals surface area contributed by atoms with E-state index >= 15 is 0 Å². The first-order valence-electron chi connectivity index (χ1n) is 5.35. The van der Waals surface area contributed by atoms with Crippen molar-refractivity contribution in [2.24, 2.45) is 0 Å². The molecule has 0 N–H and O–H groups in total. The van der Waals surface area contributed by atoms with E-state index < -0.39 is 0 Å². The number of hydrogen-bond acceptors (Lipinski definition) is 0. The van der Waals surface area contributed by atoms with Gasteiger partial charge in [-0.25, -0.2) is 0 Å². The van der Waals surface area contributed by atoms with Gasteiger partial charge in [0.05, 0.1) is 0 Å². The molecular weight excluding hydrogens is 182 g/mol. The van der Waals surface area contributed by atoms with Crippen molar-refractivity contribution >= 4 is 6.08 Å². The zero-order valence-electron chi connectivity index (χ0n) is 8.56. The Labute approximate surface area is 89.7 Å². The van der Waals surface area contributed by atoms with Gasteiger partial charge in [-0.05, 0) is 29.7 Å². The molecule has 1 aromatic carbocycles. The molecule has 74 valence electrons. The second-order valence-electron chi connectivity index (χ2n) is 3.90. The predicted molar refractivity (Wildman–Crippen MR) is 63.5 cm³/mol. The summed E-state index contributed by atoms with van der Waals surface area (Å²) in [6.07, 6.45) is 7.84. The molecule has 0 aliphatic carbocycles. The van der Waals surface area contributed by atoms with Crippen molar-refractivity contribution in [1.82, 2.24) is 4.57 Å². The molecule has 1 aliphatic rings. The van der Waals surface area contributed by atoms with Crippen LogP contribution in [-0.2, 0) is 6.54 Å². The molecule has 0 fully saturated rings. The highest BCUT2D eigenvalue weighted by molar-refractivity contribution is 5.67. The normalized spacial score (nSPS) is 13.9. The molecule has 1 aromatic heterocycles. The first-order chi connectivity index (χ1) is 7.43. The number of benzene rings is 1. The second kappa shape index (κ2) is 3.43. The van der Waals surface area contributed by atoms with Crippen LogP contribution in [0.1, 0.15) is 12.1 Å². The molecule has 15 heavy (non-hydrogen) atoms. The topological polar surface area (TPSA) is 4.93 Å². The fraction of sp³-hybridized carbons (Fsp3) is 0.143. The van der Waals surface area contributed by atoms with E-state index in [1.165, 1.54) is 16.8 Å². The molecule has 0 saturated heterocycles. The SMILES string of the molecule is C1=Cc2cc(-c3ccccc3)cn2CC1. The van der Waals surface area contributed by atoms with Gasteiger partial charge in [-0.3, -0.25) is 0 Å². The second-order valence-corrected chi connectivity index (χ2v) is 3.90. The van der Waals surface area contributed by atoms with E-state index in [0.717, 1.165) is 13.0 Å². The van der Waals surface area contributed by atoms with E-state index in [-0.39, 0.29) is 0 Å². The average molecular weight is 195 g/mol. The van der Waals surface area contributed by atoms with Crippen LogP contribution in [0.2, 0.25) is 0 Å². The van der Waals surface area contributed by atoms with Gasteiger partial charge in [0.1, 0.15) is 0 Å². The van der Waals surface area contributed by atoms with Crippen molar-refractivity contribution in [3.63, 3.8) is 0 Å². The zero-order valence-corrected chi connectivity index (χ0v) is 8.56. The maximum absolute atomic E-state index is 2.32. The minimum atomic E-state index is 1.11. The summed E-state index contributed by atoms with van der Waals surface area (Å²) in [7, 11) is 0. The monoisotopic (exact) mass is 195 g/mol.